The molecular weight excluding hydrogens is 226 g/mol. The van der Waals surface area contributed by atoms with Crippen LogP contribution in [0.1, 0.15) is 36.6 Å². The molecule has 0 radical (unpaired) electrons. The maximum absolute atomic E-state index is 5.75. The SMILES string of the molecule is Cc1oc(CNC(C)C)cc1Cn1nccc1C. The summed E-state index contributed by atoms with van der Waals surface area (Å²) in [6.45, 7) is 9.87. The van der Waals surface area contributed by atoms with Gasteiger partial charge in [0.25, 0.3) is 0 Å². The van der Waals surface area contributed by atoms with Gasteiger partial charge in [-0.3, -0.25) is 4.68 Å². The molecule has 18 heavy (non-hydrogen) atoms. The van der Waals surface area contributed by atoms with Crippen LogP contribution < -0.4 is 5.32 Å². The van der Waals surface area contributed by atoms with Gasteiger partial charge in [0.2, 0.25) is 0 Å². The lowest BCUT2D eigenvalue weighted by Crippen LogP contribution is -2.21. The normalized spacial score (nSPS) is 11.4. The molecule has 0 aliphatic heterocycles. The summed E-state index contributed by atoms with van der Waals surface area (Å²) < 4.78 is 7.73. The number of hydrogen-bond acceptors (Lipinski definition) is 3. The van der Waals surface area contributed by atoms with Crippen molar-refractivity contribution >= 4 is 0 Å². The minimum absolute atomic E-state index is 0.465. The summed E-state index contributed by atoms with van der Waals surface area (Å²) in [5.41, 5.74) is 2.36. The van der Waals surface area contributed by atoms with Crippen LogP contribution in [0.15, 0.2) is 22.7 Å². The van der Waals surface area contributed by atoms with Gasteiger partial charge < -0.3 is 9.73 Å². The van der Waals surface area contributed by atoms with Crippen LogP contribution in [-0.2, 0) is 13.1 Å². The largest absolute Gasteiger partial charge is 0.465 e. The fourth-order valence-corrected chi connectivity index (χ4v) is 1.86. The third kappa shape index (κ3) is 3.01. The zero-order chi connectivity index (χ0) is 13.1. The molecule has 0 aliphatic rings. The van der Waals surface area contributed by atoms with Gasteiger partial charge in [-0.25, -0.2) is 0 Å². The second kappa shape index (κ2) is 5.40. The summed E-state index contributed by atoms with van der Waals surface area (Å²) in [6, 6.07) is 4.59. The molecular formula is C14H21N3O. The average Bonchev–Trinajstić information content (AvgIpc) is 2.85. The molecule has 0 unspecified atom stereocenters. The van der Waals surface area contributed by atoms with Gasteiger partial charge in [0.15, 0.2) is 0 Å². The number of furan rings is 1. The van der Waals surface area contributed by atoms with E-state index in [1.54, 1.807) is 0 Å². The van der Waals surface area contributed by atoms with Gasteiger partial charge in [-0.15, -0.1) is 0 Å². The van der Waals surface area contributed by atoms with Crippen molar-refractivity contribution in [2.75, 3.05) is 0 Å². The maximum atomic E-state index is 5.75. The molecule has 4 nitrogen and oxygen atoms in total. The van der Waals surface area contributed by atoms with Crippen molar-refractivity contribution in [3.63, 3.8) is 0 Å². The molecule has 98 valence electrons. The zero-order valence-corrected chi connectivity index (χ0v) is 11.5. The number of nitrogens with one attached hydrogen (secondary N) is 1. The van der Waals surface area contributed by atoms with Crippen molar-refractivity contribution in [3.8, 4) is 0 Å². The number of nitrogens with zero attached hydrogens (tertiary/aromatic N) is 2. The van der Waals surface area contributed by atoms with Crippen LogP contribution in [0.2, 0.25) is 0 Å². The molecule has 0 spiro atoms. The summed E-state index contributed by atoms with van der Waals surface area (Å²) in [5.74, 6) is 1.96. The molecule has 2 aromatic rings. The molecule has 0 amide bonds. The second-order valence-corrected chi connectivity index (χ2v) is 4.96. The van der Waals surface area contributed by atoms with E-state index in [0.29, 0.717) is 6.04 Å². The highest BCUT2D eigenvalue weighted by atomic mass is 16.3. The highest BCUT2D eigenvalue weighted by Crippen LogP contribution is 2.16. The minimum Gasteiger partial charge on any atom is -0.465 e. The lowest BCUT2D eigenvalue weighted by atomic mass is 10.2. The lowest BCUT2D eigenvalue weighted by molar-refractivity contribution is 0.445. The van der Waals surface area contributed by atoms with Crippen LogP contribution in [0.4, 0.5) is 0 Å². The van der Waals surface area contributed by atoms with Crippen LogP contribution in [0, 0.1) is 13.8 Å². The number of hydrogen-bond donors (Lipinski definition) is 1. The van der Waals surface area contributed by atoms with E-state index in [1.807, 2.05) is 23.9 Å². The van der Waals surface area contributed by atoms with Crippen molar-refractivity contribution in [3.05, 3.63) is 41.1 Å². The van der Waals surface area contributed by atoms with E-state index in [4.69, 9.17) is 4.42 Å². The summed E-state index contributed by atoms with van der Waals surface area (Å²) in [5, 5.41) is 7.65. The topological polar surface area (TPSA) is 43.0 Å². The van der Waals surface area contributed by atoms with Gasteiger partial charge in [0.05, 0.1) is 13.1 Å². The van der Waals surface area contributed by atoms with E-state index in [9.17, 15) is 0 Å². The molecule has 0 atom stereocenters. The van der Waals surface area contributed by atoms with Crippen LogP contribution in [0.3, 0.4) is 0 Å². The van der Waals surface area contributed by atoms with Crippen LogP contribution in [0.25, 0.3) is 0 Å². The Morgan fingerprint density at radius 3 is 2.78 bits per heavy atom. The predicted octanol–water partition coefficient (Wildman–Crippen LogP) is 2.64. The first kappa shape index (κ1) is 12.9. The van der Waals surface area contributed by atoms with Gasteiger partial charge in [0, 0.05) is 23.5 Å². The molecule has 2 heterocycles. The first-order valence-corrected chi connectivity index (χ1v) is 6.36. The Hall–Kier alpha value is -1.55. The Morgan fingerprint density at radius 2 is 2.17 bits per heavy atom. The van der Waals surface area contributed by atoms with Gasteiger partial charge in [-0.2, -0.15) is 5.10 Å². The molecule has 0 saturated heterocycles. The van der Waals surface area contributed by atoms with Crippen LogP contribution >= 0.6 is 0 Å². The average molecular weight is 247 g/mol. The van der Waals surface area contributed by atoms with E-state index < -0.39 is 0 Å². The van der Waals surface area contributed by atoms with Gasteiger partial charge in [-0.05, 0) is 26.0 Å². The fraction of sp³-hybridized carbons (Fsp3) is 0.500. The van der Waals surface area contributed by atoms with E-state index in [0.717, 1.165) is 30.3 Å². The molecule has 4 heteroatoms. The maximum Gasteiger partial charge on any atom is 0.118 e. The second-order valence-electron chi connectivity index (χ2n) is 4.96. The van der Waals surface area contributed by atoms with Crippen molar-refractivity contribution in [1.82, 2.24) is 15.1 Å². The quantitative estimate of drug-likeness (QED) is 0.883. The summed E-state index contributed by atoms with van der Waals surface area (Å²) in [4.78, 5) is 0. The number of aryl methyl sites for hydroxylation is 2. The Kier molecular flexibility index (Phi) is 3.87. The molecule has 1 N–H and O–H groups in total. The molecule has 2 aromatic heterocycles. The number of rotatable bonds is 5. The molecule has 0 aliphatic carbocycles. The lowest BCUT2D eigenvalue weighted by Gasteiger charge is -2.04. The highest BCUT2D eigenvalue weighted by molar-refractivity contribution is 5.21. The van der Waals surface area contributed by atoms with Gasteiger partial charge in [0.1, 0.15) is 11.5 Å². The van der Waals surface area contributed by atoms with Crippen molar-refractivity contribution in [1.29, 1.82) is 0 Å². The van der Waals surface area contributed by atoms with Crippen molar-refractivity contribution in [2.45, 2.75) is 46.8 Å². The van der Waals surface area contributed by atoms with Crippen molar-refractivity contribution in [2.24, 2.45) is 0 Å². The van der Waals surface area contributed by atoms with E-state index in [2.05, 4.69) is 37.3 Å². The Balaban J connectivity index is 2.07. The molecule has 0 saturated carbocycles. The highest BCUT2D eigenvalue weighted by Gasteiger charge is 2.09. The third-order valence-corrected chi connectivity index (χ3v) is 3.01. The van der Waals surface area contributed by atoms with Gasteiger partial charge >= 0.3 is 0 Å². The standard InChI is InChI=1S/C14H21N3O/c1-10(2)15-8-14-7-13(12(4)18-14)9-17-11(3)5-6-16-17/h5-7,10,15H,8-9H2,1-4H3. The summed E-state index contributed by atoms with van der Waals surface area (Å²) in [7, 11) is 0. The zero-order valence-electron chi connectivity index (χ0n) is 11.5. The van der Waals surface area contributed by atoms with Gasteiger partial charge in [-0.1, -0.05) is 13.8 Å². The molecule has 0 aromatic carbocycles. The van der Waals surface area contributed by atoms with E-state index >= 15 is 0 Å². The van der Waals surface area contributed by atoms with Crippen LogP contribution in [0.5, 0.6) is 0 Å². The monoisotopic (exact) mass is 247 g/mol. The Labute approximate surface area is 108 Å². The molecule has 2 rings (SSSR count). The summed E-state index contributed by atoms with van der Waals surface area (Å²) >= 11 is 0. The first-order valence-electron chi connectivity index (χ1n) is 6.36. The molecule has 0 bridgehead atoms. The fourth-order valence-electron chi connectivity index (χ4n) is 1.86. The third-order valence-electron chi connectivity index (χ3n) is 3.01. The van der Waals surface area contributed by atoms with Crippen LogP contribution in [-0.4, -0.2) is 15.8 Å². The van der Waals surface area contributed by atoms with E-state index in [-0.39, 0.29) is 0 Å². The first-order chi connectivity index (χ1) is 8.56. The van der Waals surface area contributed by atoms with Crippen molar-refractivity contribution < 1.29 is 4.42 Å². The Bertz CT molecular complexity index is 511. The number of aromatic nitrogens is 2. The predicted molar refractivity (Wildman–Crippen MR) is 71.5 cm³/mol. The minimum atomic E-state index is 0.465. The van der Waals surface area contributed by atoms with E-state index in [1.165, 1.54) is 5.56 Å². The molecule has 0 fully saturated rings. The summed E-state index contributed by atoms with van der Waals surface area (Å²) in [6.07, 6.45) is 1.83. The smallest absolute Gasteiger partial charge is 0.118 e. The Morgan fingerprint density at radius 1 is 1.39 bits per heavy atom.